The highest BCUT2D eigenvalue weighted by Crippen LogP contribution is 2.56. The molecule has 0 aliphatic carbocycles. The average Bonchev–Trinajstić information content (AvgIpc) is 2.61. The summed E-state index contributed by atoms with van der Waals surface area (Å²) in [6.45, 7) is 6.64. The van der Waals surface area contributed by atoms with Crippen molar-refractivity contribution in [3.05, 3.63) is 35.4 Å². The maximum atomic E-state index is 13.0. The first-order chi connectivity index (χ1) is 9.76. The zero-order chi connectivity index (χ0) is 15.8. The first-order valence-corrected chi connectivity index (χ1v) is 8.21. The molecule has 0 saturated carbocycles. The summed E-state index contributed by atoms with van der Waals surface area (Å²) >= 11 is 0. The fourth-order valence-corrected chi connectivity index (χ4v) is 4.02. The summed E-state index contributed by atoms with van der Waals surface area (Å²) in [5.41, 5.74) is 0.421. The van der Waals surface area contributed by atoms with Crippen LogP contribution >= 0.6 is 7.75 Å². The van der Waals surface area contributed by atoms with Crippen LogP contribution in [-0.4, -0.2) is 28.7 Å². The van der Waals surface area contributed by atoms with E-state index in [1.54, 1.807) is 39.8 Å². The van der Waals surface area contributed by atoms with Crippen molar-refractivity contribution < 1.29 is 23.2 Å². The van der Waals surface area contributed by atoms with E-state index in [2.05, 4.69) is 0 Å². The van der Waals surface area contributed by atoms with E-state index in [0.29, 0.717) is 4.67 Å². The lowest BCUT2D eigenvalue weighted by Gasteiger charge is -2.27. The minimum absolute atomic E-state index is 0.211. The highest BCUT2D eigenvalue weighted by molar-refractivity contribution is 7.53. The van der Waals surface area contributed by atoms with E-state index in [1.807, 2.05) is 0 Å². The smallest absolute Gasteiger partial charge is 0.289 e. The molecule has 0 radical (unpaired) electrons. The van der Waals surface area contributed by atoms with Crippen molar-refractivity contribution in [3.63, 3.8) is 0 Å². The second-order valence-electron chi connectivity index (χ2n) is 5.24. The van der Waals surface area contributed by atoms with Gasteiger partial charge in [0, 0.05) is 0 Å². The molecule has 1 aliphatic heterocycles. The number of nitrogens with zero attached hydrogens (tertiary/aromatic N) is 1. The van der Waals surface area contributed by atoms with Crippen LogP contribution in [0.1, 0.15) is 48.4 Å². The van der Waals surface area contributed by atoms with Crippen molar-refractivity contribution >= 4 is 19.6 Å². The lowest BCUT2D eigenvalue weighted by atomic mass is 10.1. The van der Waals surface area contributed by atoms with Crippen LogP contribution in [0.2, 0.25) is 0 Å². The second-order valence-corrected chi connectivity index (χ2v) is 7.00. The summed E-state index contributed by atoms with van der Waals surface area (Å²) in [6, 6.07) is 6.32. The number of carbonyl (C=O) groups is 2. The molecule has 21 heavy (non-hydrogen) atoms. The Bertz CT molecular complexity index is 577. The number of rotatable bonds is 5. The van der Waals surface area contributed by atoms with Crippen molar-refractivity contribution in [2.24, 2.45) is 0 Å². The number of hydrogen-bond donors (Lipinski definition) is 0. The van der Waals surface area contributed by atoms with Crippen LogP contribution in [0.5, 0.6) is 0 Å². The Hall–Kier alpha value is -1.49. The molecule has 114 valence electrons. The Morgan fingerprint density at radius 2 is 1.29 bits per heavy atom. The van der Waals surface area contributed by atoms with Crippen LogP contribution in [-0.2, 0) is 13.6 Å². The average molecular weight is 311 g/mol. The van der Waals surface area contributed by atoms with Gasteiger partial charge < -0.3 is 0 Å². The number of fused-ring (bicyclic) bond motifs is 1. The number of hydrogen-bond acceptors (Lipinski definition) is 5. The molecule has 0 saturated heterocycles. The number of benzene rings is 1. The van der Waals surface area contributed by atoms with Crippen molar-refractivity contribution in [2.75, 3.05) is 0 Å². The van der Waals surface area contributed by atoms with Crippen molar-refractivity contribution in [1.82, 2.24) is 4.67 Å². The molecule has 1 aliphatic rings. The molecule has 6 nitrogen and oxygen atoms in total. The highest BCUT2D eigenvalue weighted by Gasteiger charge is 2.49. The SMILES string of the molecule is CC(C)OP(=O)(OC(C)C)N1C(=O)c2ccccc2C1=O. The lowest BCUT2D eigenvalue weighted by molar-refractivity contribution is 0.0633. The van der Waals surface area contributed by atoms with Gasteiger partial charge in [0.05, 0.1) is 23.3 Å². The van der Waals surface area contributed by atoms with Crippen LogP contribution in [0.4, 0.5) is 0 Å². The third-order valence-corrected chi connectivity index (χ3v) is 4.93. The Kier molecular flexibility index (Phi) is 4.33. The standard InChI is InChI=1S/C14H18NO5P/c1-9(2)19-21(18,20-10(3)4)15-13(16)11-7-5-6-8-12(11)14(15)17/h5-10H,1-4H3. The van der Waals surface area contributed by atoms with E-state index in [4.69, 9.17) is 9.05 Å². The molecule has 2 rings (SSSR count). The maximum absolute atomic E-state index is 13.0. The predicted molar refractivity (Wildman–Crippen MR) is 77.0 cm³/mol. The number of amides is 2. The van der Waals surface area contributed by atoms with Crippen molar-refractivity contribution in [1.29, 1.82) is 0 Å². The van der Waals surface area contributed by atoms with E-state index < -0.39 is 31.8 Å². The summed E-state index contributed by atoms with van der Waals surface area (Å²) < 4.78 is 24.2. The zero-order valence-corrected chi connectivity index (χ0v) is 13.3. The molecule has 0 spiro atoms. The Morgan fingerprint density at radius 1 is 0.905 bits per heavy atom. The summed E-state index contributed by atoms with van der Waals surface area (Å²) in [7, 11) is -4.04. The summed E-state index contributed by atoms with van der Waals surface area (Å²) in [6.07, 6.45) is -0.919. The van der Waals surface area contributed by atoms with Crippen LogP contribution in [0.25, 0.3) is 0 Å². The van der Waals surface area contributed by atoms with Gasteiger partial charge in [-0.3, -0.25) is 18.6 Å². The molecule has 0 fully saturated rings. The molecule has 2 amide bonds. The predicted octanol–water partition coefficient (Wildman–Crippen LogP) is 3.24. The molecule has 0 bridgehead atoms. The fourth-order valence-electron chi connectivity index (χ4n) is 2.05. The van der Waals surface area contributed by atoms with Gasteiger partial charge in [0.1, 0.15) is 0 Å². The number of imide groups is 1. The van der Waals surface area contributed by atoms with E-state index in [-0.39, 0.29) is 11.1 Å². The Morgan fingerprint density at radius 3 is 1.62 bits per heavy atom. The normalized spacial score (nSPS) is 15.2. The van der Waals surface area contributed by atoms with Gasteiger partial charge in [-0.2, -0.15) is 4.67 Å². The van der Waals surface area contributed by atoms with Crippen LogP contribution in [0.15, 0.2) is 24.3 Å². The van der Waals surface area contributed by atoms with Gasteiger partial charge in [-0.1, -0.05) is 12.1 Å². The first-order valence-electron chi connectivity index (χ1n) is 6.71. The molecule has 0 N–H and O–H groups in total. The minimum atomic E-state index is -4.04. The topological polar surface area (TPSA) is 72.9 Å². The molecule has 1 aromatic rings. The third kappa shape index (κ3) is 2.93. The minimum Gasteiger partial charge on any atom is -0.289 e. The van der Waals surface area contributed by atoms with Crippen molar-refractivity contribution in [3.8, 4) is 0 Å². The van der Waals surface area contributed by atoms with Crippen molar-refractivity contribution in [2.45, 2.75) is 39.9 Å². The molecule has 0 unspecified atom stereocenters. The van der Waals surface area contributed by atoms with Gasteiger partial charge >= 0.3 is 7.75 Å². The van der Waals surface area contributed by atoms with Crippen LogP contribution in [0.3, 0.4) is 0 Å². The molecular formula is C14H18NO5P. The van der Waals surface area contributed by atoms with Gasteiger partial charge in [-0.15, -0.1) is 0 Å². The molecule has 1 aromatic carbocycles. The number of carbonyl (C=O) groups excluding carboxylic acids is 2. The highest BCUT2D eigenvalue weighted by atomic mass is 31.2. The monoisotopic (exact) mass is 311 g/mol. The lowest BCUT2D eigenvalue weighted by Crippen LogP contribution is -2.30. The molecule has 0 atom stereocenters. The Labute approximate surface area is 123 Å². The van der Waals surface area contributed by atoms with Gasteiger partial charge in [-0.25, -0.2) is 4.57 Å². The van der Waals surface area contributed by atoms with Crippen LogP contribution in [0, 0.1) is 0 Å². The zero-order valence-electron chi connectivity index (χ0n) is 12.4. The Balaban J connectivity index is 2.46. The van der Waals surface area contributed by atoms with Gasteiger partial charge in [0.2, 0.25) is 0 Å². The second kappa shape index (κ2) is 5.72. The first kappa shape index (κ1) is 15.9. The van der Waals surface area contributed by atoms with E-state index in [0.717, 1.165) is 0 Å². The largest absolute Gasteiger partial charge is 0.445 e. The van der Waals surface area contributed by atoms with E-state index in [1.165, 1.54) is 12.1 Å². The fraction of sp³-hybridized carbons (Fsp3) is 0.429. The molecule has 7 heteroatoms. The van der Waals surface area contributed by atoms with Crippen LogP contribution < -0.4 is 0 Å². The molecule has 1 heterocycles. The third-order valence-electron chi connectivity index (χ3n) is 2.71. The van der Waals surface area contributed by atoms with Gasteiger partial charge in [0.15, 0.2) is 0 Å². The molecular weight excluding hydrogens is 293 g/mol. The van der Waals surface area contributed by atoms with E-state index in [9.17, 15) is 14.2 Å². The van der Waals surface area contributed by atoms with Gasteiger partial charge in [-0.05, 0) is 39.8 Å². The maximum Gasteiger partial charge on any atom is 0.445 e. The van der Waals surface area contributed by atoms with E-state index >= 15 is 0 Å². The summed E-state index contributed by atoms with van der Waals surface area (Å²) in [5, 5.41) is 0. The van der Waals surface area contributed by atoms with Gasteiger partial charge in [0.25, 0.3) is 11.8 Å². The summed E-state index contributed by atoms with van der Waals surface area (Å²) in [5.74, 6) is -1.31. The molecule has 0 aromatic heterocycles. The quantitative estimate of drug-likeness (QED) is 0.616. The summed E-state index contributed by atoms with van der Waals surface area (Å²) in [4.78, 5) is 24.8.